The number of nitrogens with one attached hydrogen (secondary N) is 14. The van der Waals surface area contributed by atoms with Gasteiger partial charge in [-0.3, -0.25) is 78.4 Å². The maximum absolute atomic E-state index is 15.2. The molecule has 0 bridgehead atoms. The molecule has 0 radical (unpaired) electrons. The van der Waals surface area contributed by atoms with E-state index in [0.29, 0.717) is 58.8 Å². The Hall–Kier alpha value is -12.0. The van der Waals surface area contributed by atoms with Crippen LogP contribution >= 0.6 is 11.6 Å². The van der Waals surface area contributed by atoms with E-state index in [9.17, 15) is 80.6 Å². The summed E-state index contributed by atoms with van der Waals surface area (Å²) in [5, 5.41) is 58.4. The molecule has 7 rings (SSSR count). The number of fused-ring (bicyclic) bond motifs is 1. The lowest BCUT2D eigenvalue weighted by molar-refractivity contribution is -0.344. The Morgan fingerprint density at radius 1 is 0.602 bits per heavy atom. The standard InChI is InChI=1S/C77H100ClN17O16.C2HF3O2/c1-42(2)32-56(68(102)86-55(17-10-11-30-81-43(3)4)76(110)95-31-13-18-64(95)75(109)83-44(5)66(79)100)87-70(104)59(35-48-22-27-54(28-23-48)84-45(6)97)90-73(107)62(40-82-67(101)61-38-65(99)94-77(111)93-61)91-74(108)63(41-96)92-72(106)60(37-50-14-12-29-80-39-50)89-71(105)58(34-47-20-25-53(78)26-21-47)88-69(103)57(85-46(7)98)36-49-19-24-51-15-8-9-16-52(51)33-49;3-2(4,5)1(6)7/h8-9,12,14-16,19-29,33,39,42-44,55-64,81,96H,10-11,13,17-18,30-32,34-38,40-41H2,1-7H3,(H2,79,100)(H,82,101)(H,83,109)(H,84,97)(H,85,98)(H,86,102)(H,87,104)(H,88,103)(H,89,105)(H,90,107)(H,91,108)(H,92,106)(H2,93,94,99,111);(H,6,7)/t44-,55+,56+,57-,58-,59-,60-,61+,62+,63+,64+;/m1./s1. The number of aliphatic hydroxyl groups excluding tert-OH is 1. The van der Waals surface area contributed by atoms with Crippen LogP contribution in [0.4, 0.5) is 23.7 Å². The number of rotatable bonds is 40. The number of carboxylic acid groups (broad SMARTS) is 1. The van der Waals surface area contributed by atoms with Crippen molar-refractivity contribution in [3.63, 3.8) is 0 Å². The number of carbonyl (C=O) groups excluding carboxylic acids is 16. The number of imide groups is 1. The highest BCUT2D eigenvalue weighted by atomic mass is 35.5. The first-order chi connectivity index (χ1) is 55.8. The van der Waals surface area contributed by atoms with Crippen molar-refractivity contribution in [2.45, 2.75) is 198 Å². The second-order valence-corrected chi connectivity index (χ2v) is 29.6. The van der Waals surface area contributed by atoms with E-state index in [1.807, 2.05) is 55.6 Å². The molecule has 11 atom stereocenters. The van der Waals surface area contributed by atoms with Crippen molar-refractivity contribution >= 4 is 123 Å². The average Bonchev–Trinajstić information content (AvgIpc) is 1.57. The summed E-state index contributed by atoms with van der Waals surface area (Å²) in [6, 6.07) is 11.8. The number of amides is 16. The van der Waals surface area contributed by atoms with Crippen molar-refractivity contribution in [1.29, 1.82) is 0 Å². The van der Waals surface area contributed by atoms with Crippen molar-refractivity contribution in [3.05, 3.63) is 143 Å². The molecule has 39 heteroatoms. The zero-order chi connectivity index (χ0) is 87.1. The van der Waals surface area contributed by atoms with Gasteiger partial charge >= 0.3 is 18.1 Å². The van der Waals surface area contributed by atoms with Gasteiger partial charge < -0.3 is 89.0 Å². The zero-order valence-corrected chi connectivity index (χ0v) is 66.8. The number of anilines is 1. The fourth-order valence-electron chi connectivity index (χ4n) is 12.6. The van der Waals surface area contributed by atoms with E-state index in [1.165, 1.54) is 62.3 Å². The fourth-order valence-corrected chi connectivity index (χ4v) is 12.7. The minimum Gasteiger partial charge on any atom is -0.542 e. The van der Waals surface area contributed by atoms with Gasteiger partial charge in [-0.1, -0.05) is 112 Å². The number of likely N-dealkylation sites (tertiary alicyclic amines) is 1. The van der Waals surface area contributed by atoms with Crippen LogP contribution in [0.5, 0.6) is 0 Å². The molecule has 2 aliphatic heterocycles. The number of halogens is 4. The van der Waals surface area contributed by atoms with Crippen LogP contribution in [-0.4, -0.2) is 215 Å². The predicted octanol–water partition coefficient (Wildman–Crippen LogP) is -1.50. The first kappa shape index (κ1) is 94.8. The van der Waals surface area contributed by atoms with Gasteiger partial charge in [0.15, 0.2) is 0 Å². The van der Waals surface area contributed by atoms with Gasteiger partial charge in [0.2, 0.25) is 76.8 Å². The number of unbranched alkanes of at least 4 members (excludes halogenated alkanes) is 1. The van der Waals surface area contributed by atoms with Crippen molar-refractivity contribution in [2.24, 2.45) is 5.92 Å². The summed E-state index contributed by atoms with van der Waals surface area (Å²) in [7, 11) is 0. The van der Waals surface area contributed by atoms with E-state index in [0.717, 1.165) is 10.8 Å². The van der Waals surface area contributed by atoms with Gasteiger partial charge in [0.25, 0.3) is 0 Å². The minimum absolute atomic E-state index is 0.000193. The highest BCUT2D eigenvalue weighted by molar-refractivity contribution is 6.30. The Kier molecular flexibility index (Phi) is 37.0. The first-order valence-electron chi connectivity index (χ1n) is 38.1. The van der Waals surface area contributed by atoms with Gasteiger partial charge in [0, 0.05) is 81.8 Å². The van der Waals surface area contributed by atoms with Crippen LogP contribution < -0.4 is 85.3 Å². The van der Waals surface area contributed by atoms with E-state index in [2.05, 4.69) is 79.8 Å². The van der Waals surface area contributed by atoms with Crippen molar-refractivity contribution in [2.75, 3.05) is 31.6 Å². The van der Waals surface area contributed by atoms with Crippen LogP contribution in [0.25, 0.3) is 10.8 Å². The summed E-state index contributed by atoms with van der Waals surface area (Å²) < 4.78 is 31.5. The van der Waals surface area contributed by atoms with Gasteiger partial charge in [-0.05, 0) is 121 Å². The average molecular weight is 1670 g/mol. The van der Waals surface area contributed by atoms with Crippen LogP contribution in [-0.2, 0) is 97.6 Å². The molecule has 0 unspecified atom stereocenters. The van der Waals surface area contributed by atoms with Crippen LogP contribution in [0, 0.1) is 5.92 Å². The Morgan fingerprint density at radius 2 is 1.11 bits per heavy atom. The van der Waals surface area contributed by atoms with Crippen LogP contribution in [0.1, 0.15) is 116 Å². The molecule has 118 heavy (non-hydrogen) atoms. The molecule has 638 valence electrons. The molecule has 3 heterocycles. The quantitative estimate of drug-likeness (QED) is 0.0198. The number of urea groups is 1. The Labute approximate surface area is 682 Å². The normalized spacial score (nSPS) is 16.1. The third-order valence-electron chi connectivity index (χ3n) is 18.6. The molecule has 2 aliphatic rings. The van der Waals surface area contributed by atoms with Crippen LogP contribution in [0.3, 0.4) is 0 Å². The summed E-state index contributed by atoms with van der Waals surface area (Å²) in [6.07, 6.45) is -1.97. The number of aliphatic hydroxyl groups is 1. The lowest BCUT2D eigenvalue weighted by Crippen LogP contribution is -2.66. The summed E-state index contributed by atoms with van der Waals surface area (Å²) in [5.41, 5.74) is 5.69. The summed E-state index contributed by atoms with van der Waals surface area (Å²) in [6.45, 7) is 10.2. The highest BCUT2D eigenvalue weighted by Crippen LogP contribution is 2.23. The van der Waals surface area contributed by atoms with Gasteiger partial charge in [0.1, 0.15) is 72.4 Å². The third kappa shape index (κ3) is 31.5. The topological polar surface area (TPSA) is 529 Å². The molecular weight excluding hydrogens is 1570 g/mol. The predicted molar refractivity (Wildman–Crippen MR) is 419 cm³/mol. The van der Waals surface area contributed by atoms with Crippen molar-refractivity contribution in [3.8, 4) is 0 Å². The Balaban J connectivity index is 0.00000295. The molecule has 0 saturated carbocycles. The highest BCUT2D eigenvalue weighted by Gasteiger charge is 2.41. The SMILES string of the molecule is CC(=O)Nc1ccc(C[C@@H](NC(=O)[C@H](CNC(=O)[C@@H]2CC(=O)NC(=O)N2)NC(=O)[C@H](CO)NC(=O)[C@@H](Cc2cccnc2)NC(=O)[C@@H](Cc2ccc(Cl)cc2)NC(=O)[C@@H](Cc2ccc3ccccc3c2)NC(C)=O)C(=O)N[C@@H](CC(C)C)C(=O)N[C@@H](CCCCNC(C)C)C(=O)N2CCC[C@H]2C(=O)N[C@H](C)C([NH3+])=O)cc1.O=C([O-])C(F)(F)F. The molecule has 18 N–H and O–H groups in total. The maximum atomic E-state index is 15.2. The molecule has 1 aromatic heterocycles. The monoisotopic (exact) mass is 1670 g/mol. The van der Waals surface area contributed by atoms with E-state index >= 15 is 9.59 Å². The van der Waals surface area contributed by atoms with E-state index in [1.54, 1.807) is 56.3 Å². The maximum Gasteiger partial charge on any atom is 0.430 e. The second kappa shape index (κ2) is 46.1. The number of alkyl halides is 3. The fraction of sp³-hybridized carbons (Fsp3) is 0.456. The van der Waals surface area contributed by atoms with Gasteiger partial charge in [-0.25, -0.2) is 9.59 Å². The number of aliphatic carboxylic acids is 1. The van der Waals surface area contributed by atoms with E-state index < -0.39 is 187 Å². The number of carbonyl (C=O) groups is 16. The smallest absolute Gasteiger partial charge is 0.430 e. The number of pyridine rings is 1. The molecule has 5 aromatic rings. The van der Waals surface area contributed by atoms with Crippen LogP contribution in [0.15, 0.2) is 116 Å². The Bertz CT molecular complexity index is 4380. The number of aromatic nitrogens is 1. The number of carboxylic acids is 1. The second-order valence-electron chi connectivity index (χ2n) is 29.2. The molecule has 0 spiro atoms. The molecule has 35 nitrogen and oxygen atoms in total. The Morgan fingerprint density at radius 3 is 1.64 bits per heavy atom. The molecule has 0 aliphatic carbocycles. The van der Waals surface area contributed by atoms with Crippen molar-refractivity contribution in [1.82, 2.24) is 79.0 Å². The molecule has 2 saturated heterocycles. The third-order valence-corrected chi connectivity index (χ3v) is 18.9. The van der Waals surface area contributed by atoms with Gasteiger partial charge in [-0.15, -0.1) is 0 Å². The lowest BCUT2D eigenvalue weighted by Gasteiger charge is -2.31. The number of hydrogen-bond donors (Lipinski definition) is 16. The van der Waals surface area contributed by atoms with E-state index in [4.69, 9.17) is 21.5 Å². The lowest BCUT2D eigenvalue weighted by atomic mass is 9.99. The number of benzene rings is 4. The zero-order valence-electron chi connectivity index (χ0n) is 66.1. The summed E-state index contributed by atoms with van der Waals surface area (Å²) >= 11 is 6.24. The van der Waals surface area contributed by atoms with Crippen LogP contribution in [0.2, 0.25) is 5.02 Å². The van der Waals surface area contributed by atoms with E-state index in [-0.39, 0.29) is 63.5 Å². The largest absolute Gasteiger partial charge is 0.542 e. The molecule has 2 fully saturated rings. The molecule has 4 aromatic carbocycles. The molecule has 16 amide bonds. The first-order valence-corrected chi connectivity index (χ1v) is 38.5. The minimum atomic E-state index is -5.19. The van der Waals surface area contributed by atoms with Crippen molar-refractivity contribution < 1.29 is 106 Å². The summed E-state index contributed by atoms with van der Waals surface area (Å²) in [5.74, 6) is -14.9. The summed E-state index contributed by atoms with van der Waals surface area (Å²) in [4.78, 5) is 222. The van der Waals surface area contributed by atoms with Gasteiger partial charge in [0.05, 0.1) is 13.0 Å². The molecular formula is C79H101ClF3N17O18. The number of nitrogens with zero attached hydrogens (tertiary/aromatic N) is 2. The van der Waals surface area contributed by atoms with Gasteiger partial charge in [-0.2, -0.15) is 13.2 Å². The number of hydrogen-bond acceptors (Lipinski definition) is 20. The number of quaternary nitrogens is 1.